The van der Waals surface area contributed by atoms with Crippen molar-refractivity contribution >= 4 is 5.91 Å². The number of methoxy groups -OCH3 is 2. The molecular weight excluding hydrogens is 225 g/mol. The first-order valence-corrected chi connectivity index (χ1v) is 5.15. The number of amides is 1. The Morgan fingerprint density at radius 3 is 2.47 bits per heavy atom. The van der Waals surface area contributed by atoms with Gasteiger partial charge in [0, 0.05) is 21.3 Å². The third-order valence-electron chi connectivity index (χ3n) is 2.40. The molecule has 0 spiro atoms. The second-order valence-corrected chi connectivity index (χ2v) is 3.57. The zero-order valence-corrected chi connectivity index (χ0v) is 10.1. The summed E-state index contributed by atoms with van der Waals surface area (Å²) in [6, 6.07) is 5.86. The molecule has 0 aromatic heterocycles. The van der Waals surface area contributed by atoms with Crippen molar-refractivity contribution in [1.29, 1.82) is 0 Å². The largest absolute Gasteiger partial charge is 0.354 e. The highest BCUT2D eigenvalue weighted by molar-refractivity contribution is 5.94. The molecule has 17 heavy (non-hydrogen) atoms. The van der Waals surface area contributed by atoms with Crippen LogP contribution in [-0.2, 0) is 9.47 Å². The lowest BCUT2D eigenvalue weighted by molar-refractivity contribution is -0.110. The second kappa shape index (κ2) is 6.32. The lowest BCUT2D eigenvalue weighted by atomic mass is 10.2. The average Bonchev–Trinajstić information content (AvgIpc) is 2.35. The Kier molecular flexibility index (Phi) is 5.06. The van der Waals surface area contributed by atoms with E-state index >= 15 is 0 Å². The van der Waals surface area contributed by atoms with Gasteiger partial charge in [0.15, 0.2) is 6.29 Å². The third kappa shape index (κ3) is 3.51. The van der Waals surface area contributed by atoms with Gasteiger partial charge in [-0.05, 0) is 12.1 Å². The van der Waals surface area contributed by atoms with Crippen LogP contribution in [0.25, 0.3) is 0 Å². The van der Waals surface area contributed by atoms with Gasteiger partial charge in [0.2, 0.25) is 0 Å². The van der Waals surface area contributed by atoms with Crippen molar-refractivity contribution in [2.45, 2.75) is 6.29 Å². The van der Waals surface area contributed by atoms with Crippen LogP contribution in [0, 0.1) is 5.82 Å². The van der Waals surface area contributed by atoms with Crippen LogP contribution in [0.2, 0.25) is 0 Å². The van der Waals surface area contributed by atoms with Crippen molar-refractivity contribution in [3.05, 3.63) is 35.6 Å². The molecule has 0 saturated carbocycles. The first-order chi connectivity index (χ1) is 8.10. The molecule has 94 valence electrons. The molecule has 0 bridgehead atoms. The smallest absolute Gasteiger partial charge is 0.256 e. The molecule has 4 nitrogen and oxygen atoms in total. The van der Waals surface area contributed by atoms with E-state index in [1.54, 1.807) is 19.2 Å². The van der Waals surface area contributed by atoms with Crippen LogP contribution < -0.4 is 0 Å². The molecule has 5 heteroatoms. The van der Waals surface area contributed by atoms with Gasteiger partial charge in [0.05, 0.1) is 12.1 Å². The Morgan fingerprint density at radius 1 is 1.35 bits per heavy atom. The minimum absolute atomic E-state index is 0.0426. The zero-order valence-electron chi connectivity index (χ0n) is 10.1. The quantitative estimate of drug-likeness (QED) is 0.734. The number of hydrogen-bond donors (Lipinski definition) is 0. The van der Waals surface area contributed by atoms with Gasteiger partial charge < -0.3 is 14.4 Å². The van der Waals surface area contributed by atoms with Gasteiger partial charge in [-0.3, -0.25) is 4.79 Å². The molecule has 0 aliphatic heterocycles. The normalized spacial score (nSPS) is 10.6. The highest BCUT2D eigenvalue weighted by Gasteiger charge is 2.18. The molecule has 1 rings (SSSR count). The van der Waals surface area contributed by atoms with Crippen LogP contribution in [0.1, 0.15) is 10.4 Å². The number of benzene rings is 1. The Labute approximate surface area is 99.9 Å². The lowest BCUT2D eigenvalue weighted by Crippen LogP contribution is -2.36. The molecule has 0 aliphatic carbocycles. The predicted molar refractivity (Wildman–Crippen MR) is 61.2 cm³/mol. The number of nitrogens with zero attached hydrogens (tertiary/aromatic N) is 1. The van der Waals surface area contributed by atoms with Gasteiger partial charge in [-0.1, -0.05) is 12.1 Å². The maximum Gasteiger partial charge on any atom is 0.256 e. The summed E-state index contributed by atoms with van der Waals surface area (Å²) in [6.07, 6.45) is -0.518. The topological polar surface area (TPSA) is 38.8 Å². The van der Waals surface area contributed by atoms with Gasteiger partial charge >= 0.3 is 0 Å². The van der Waals surface area contributed by atoms with Crippen molar-refractivity contribution in [1.82, 2.24) is 4.90 Å². The number of halogens is 1. The molecule has 1 aromatic rings. The molecule has 0 radical (unpaired) electrons. The number of ether oxygens (including phenoxy) is 2. The number of hydrogen-bond acceptors (Lipinski definition) is 3. The third-order valence-corrected chi connectivity index (χ3v) is 2.40. The number of carbonyl (C=O) groups excluding carboxylic acids is 1. The molecule has 0 N–H and O–H groups in total. The Morgan fingerprint density at radius 2 is 1.94 bits per heavy atom. The minimum atomic E-state index is -0.532. The fourth-order valence-electron chi connectivity index (χ4n) is 1.39. The predicted octanol–water partition coefficient (Wildman–Crippen LogP) is 1.52. The lowest BCUT2D eigenvalue weighted by Gasteiger charge is -2.22. The first-order valence-electron chi connectivity index (χ1n) is 5.15. The first kappa shape index (κ1) is 13.6. The van der Waals surface area contributed by atoms with Crippen molar-refractivity contribution in [3.8, 4) is 0 Å². The van der Waals surface area contributed by atoms with E-state index in [0.29, 0.717) is 0 Å². The van der Waals surface area contributed by atoms with Gasteiger partial charge in [0.1, 0.15) is 5.82 Å². The monoisotopic (exact) mass is 241 g/mol. The molecule has 0 atom stereocenters. The highest BCUT2D eigenvalue weighted by atomic mass is 19.1. The average molecular weight is 241 g/mol. The van der Waals surface area contributed by atoms with E-state index in [2.05, 4.69) is 0 Å². The van der Waals surface area contributed by atoms with E-state index in [-0.39, 0.29) is 12.1 Å². The summed E-state index contributed by atoms with van der Waals surface area (Å²) >= 11 is 0. The van der Waals surface area contributed by atoms with E-state index in [4.69, 9.17) is 9.47 Å². The molecule has 0 aliphatic rings. The van der Waals surface area contributed by atoms with Gasteiger partial charge in [-0.25, -0.2) is 4.39 Å². The zero-order chi connectivity index (χ0) is 12.8. The molecule has 1 aromatic carbocycles. The van der Waals surface area contributed by atoms with Crippen LogP contribution in [0.5, 0.6) is 0 Å². The molecular formula is C12H16FNO3. The Hall–Kier alpha value is -1.46. The maximum absolute atomic E-state index is 13.4. The fourth-order valence-corrected chi connectivity index (χ4v) is 1.39. The van der Waals surface area contributed by atoms with E-state index in [1.165, 1.54) is 31.3 Å². The van der Waals surface area contributed by atoms with Gasteiger partial charge in [-0.2, -0.15) is 0 Å². The van der Waals surface area contributed by atoms with Crippen molar-refractivity contribution < 1.29 is 18.7 Å². The Balaban J connectivity index is 2.73. The van der Waals surface area contributed by atoms with Crippen LogP contribution in [0.4, 0.5) is 4.39 Å². The summed E-state index contributed by atoms with van der Waals surface area (Å²) in [5, 5.41) is 0. The molecule has 0 heterocycles. The molecule has 0 fully saturated rings. The summed E-state index contributed by atoms with van der Waals surface area (Å²) < 4.78 is 23.3. The summed E-state index contributed by atoms with van der Waals surface area (Å²) in [7, 11) is 4.53. The summed E-state index contributed by atoms with van der Waals surface area (Å²) in [5.74, 6) is -0.932. The SMILES string of the molecule is COC(CN(C)C(=O)c1ccccc1F)OC. The van der Waals surface area contributed by atoms with Gasteiger partial charge in [-0.15, -0.1) is 0 Å². The second-order valence-electron chi connectivity index (χ2n) is 3.57. The molecule has 1 amide bonds. The minimum Gasteiger partial charge on any atom is -0.354 e. The summed E-state index contributed by atoms with van der Waals surface area (Å²) in [4.78, 5) is 13.3. The number of carbonyl (C=O) groups is 1. The highest BCUT2D eigenvalue weighted by Crippen LogP contribution is 2.09. The molecule has 0 saturated heterocycles. The van der Waals surface area contributed by atoms with E-state index in [1.807, 2.05) is 0 Å². The van der Waals surface area contributed by atoms with Gasteiger partial charge in [0.25, 0.3) is 5.91 Å². The summed E-state index contributed by atoms with van der Waals surface area (Å²) in [6.45, 7) is 0.236. The van der Waals surface area contributed by atoms with Crippen molar-refractivity contribution in [2.24, 2.45) is 0 Å². The summed E-state index contributed by atoms with van der Waals surface area (Å²) in [5.41, 5.74) is 0.0426. The van der Waals surface area contributed by atoms with Crippen LogP contribution in [0.15, 0.2) is 24.3 Å². The van der Waals surface area contributed by atoms with E-state index < -0.39 is 18.0 Å². The van der Waals surface area contributed by atoms with Crippen molar-refractivity contribution in [3.63, 3.8) is 0 Å². The van der Waals surface area contributed by atoms with Crippen molar-refractivity contribution in [2.75, 3.05) is 27.8 Å². The van der Waals surface area contributed by atoms with Crippen LogP contribution >= 0.6 is 0 Å². The van der Waals surface area contributed by atoms with E-state index in [9.17, 15) is 9.18 Å². The standard InChI is InChI=1S/C12H16FNO3/c1-14(8-11(16-2)17-3)12(15)9-6-4-5-7-10(9)13/h4-7,11H,8H2,1-3H3. The van der Waals surface area contributed by atoms with Crippen LogP contribution in [0.3, 0.4) is 0 Å². The molecule has 0 unspecified atom stereocenters. The van der Waals surface area contributed by atoms with E-state index in [0.717, 1.165) is 0 Å². The number of likely N-dealkylation sites (N-methyl/N-ethyl adjacent to an activating group) is 1. The Bertz CT molecular complexity index is 380. The number of rotatable bonds is 5. The fraction of sp³-hybridized carbons (Fsp3) is 0.417. The maximum atomic E-state index is 13.4. The van der Waals surface area contributed by atoms with Crippen LogP contribution in [-0.4, -0.2) is 44.9 Å².